The number of aromatic hydroxyl groups is 1. The van der Waals surface area contributed by atoms with Crippen molar-refractivity contribution in [3.05, 3.63) is 67.0 Å². The van der Waals surface area contributed by atoms with Gasteiger partial charge >= 0.3 is 5.69 Å². The summed E-state index contributed by atoms with van der Waals surface area (Å²) in [7, 11) is 0. The largest absolute Gasteiger partial charge is 0.502 e. The lowest BCUT2D eigenvalue weighted by atomic mass is 10.1. The first kappa shape index (κ1) is 15.1. The van der Waals surface area contributed by atoms with Gasteiger partial charge in [-0.1, -0.05) is 12.1 Å². The monoisotopic (exact) mass is 328 g/mol. The van der Waals surface area contributed by atoms with Crippen LogP contribution < -0.4 is 5.56 Å². The number of nitrogens with one attached hydrogen (secondary N) is 1. The van der Waals surface area contributed by atoms with E-state index >= 15 is 0 Å². The third-order valence-corrected chi connectivity index (χ3v) is 3.35. The smallest absolute Gasteiger partial charge is 0.318 e. The van der Waals surface area contributed by atoms with Gasteiger partial charge in [-0.25, -0.2) is 4.98 Å². The van der Waals surface area contributed by atoms with Crippen molar-refractivity contribution in [3.8, 4) is 17.1 Å². The third-order valence-electron chi connectivity index (χ3n) is 3.35. The van der Waals surface area contributed by atoms with Crippen LogP contribution in [0.25, 0.3) is 22.3 Å². The summed E-state index contributed by atoms with van der Waals surface area (Å²) in [5.41, 5.74) is -2.02. The fraction of sp³-hybridized carbons (Fsp3) is 0. The molecule has 0 spiro atoms. The zero-order chi connectivity index (χ0) is 17.4. The molecule has 0 atom stereocenters. The van der Waals surface area contributed by atoms with E-state index in [0.717, 1.165) is 6.07 Å². The summed E-state index contributed by atoms with van der Waals surface area (Å²) >= 11 is 0. The molecule has 0 radical (unpaired) electrons. The molecule has 1 heterocycles. The molecule has 0 aliphatic rings. The van der Waals surface area contributed by atoms with Crippen molar-refractivity contribution < 1.29 is 15.0 Å². The van der Waals surface area contributed by atoms with Crippen LogP contribution in [0.5, 0.6) is 5.75 Å². The number of nitrogens with zero attached hydrogens (tertiary/aromatic N) is 3. The Bertz CT molecular complexity index is 1060. The van der Waals surface area contributed by atoms with E-state index in [1.54, 1.807) is 12.1 Å². The number of benzene rings is 2. The van der Waals surface area contributed by atoms with Gasteiger partial charge in [0.2, 0.25) is 5.75 Å². The SMILES string of the molecule is O=c1[nH]c(-c2cc([N+](=O)[O-])cc([N+](=O)[O-])c2O)nc2ccccc12. The normalized spacial score (nSPS) is 10.7. The minimum atomic E-state index is -0.953. The summed E-state index contributed by atoms with van der Waals surface area (Å²) in [6.07, 6.45) is 0. The molecule has 3 rings (SSSR count). The van der Waals surface area contributed by atoms with E-state index in [9.17, 15) is 30.1 Å². The molecule has 0 aliphatic heterocycles. The maximum Gasteiger partial charge on any atom is 0.318 e. The molecule has 3 aromatic rings. The number of H-pyrrole nitrogens is 1. The predicted molar refractivity (Wildman–Crippen MR) is 82.8 cm³/mol. The standard InChI is InChI=1S/C14H8N4O6/c19-12-9(5-7(17(21)22)6-11(12)18(23)24)13-15-10-4-2-1-3-8(10)14(20)16-13/h1-6,19H,(H,15,16,20). The first-order valence-electron chi connectivity index (χ1n) is 6.53. The summed E-state index contributed by atoms with van der Waals surface area (Å²) < 4.78 is 0. The number of fused-ring (bicyclic) bond motifs is 1. The molecule has 0 aliphatic carbocycles. The van der Waals surface area contributed by atoms with Crippen molar-refractivity contribution >= 4 is 22.3 Å². The number of nitro benzene ring substituents is 2. The first-order valence-corrected chi connectivity index (χ1v) is 6.53. The molecular weight excluding hydrogens is 320 g/mol. The van der Waals surface area contributed by atoms with Crippen molar-refractivity contribution in [2.24, 2.45) is 0 Å². The van der Waals surface area contributed by atoms with Gasteiger partial charge in [-0.05, 0) is 12.1 Å². The molecule has 1 aromatic heterocycles. The van der Waals surface area contributed by atoms with E-state index < -0.39 is 32.5 Å². The average molecular weight is 328 g/mol. The van der Waals surface area contributed by atoms with E-state index in [2.05, 4.69) is 9.97 Å². The van der Waals surface area contributed by atoms with Crippen molar-refractivity contribution in [1.82, 2.24) is 9.97 Å². The molecule has 0 bridgehead atoms. The first-order chi connectivity index (χ1) is 11.4. The Hall–Kier alpha value is -3.82. The molecule has 2 N–H and O–H groups in total. The number of hydrogen-bond donors (Lipinski definition) is 2. The molecule has 0 saturated carbocycles. The molecule has 120 valence electrons. The number of hydrogen-bond acceptors (Lipinski definition) is 7. The van der Waals surface area contributed by atoms with E-state index in [-0.39, 0.29) is 22.3 Å². The Morgan fingerprint density at radius 2 is 1.79 bits per heavy atom. The molecule has 2 aromatic carbocycles. The topological polar surface area (TPSA) is 152 Å². The van der Waals surface area contributed by atoms with Crippen LogP contribution >= 0.6 is 0 Å². The lowest BCUT2D eigenvalue weighted by Crippen LogP contribution is -2.09. The lowest BCUT2D eigenvalue weighted by molar-refractivity contribution is -0.394. The van der Waals surface area contributed by atoms with Gasteiger partial charge in [0.15, 0.2) is 0 Å². The quantitative estimate of drug-likeness (QED) is 0.551. The fourth-order valence-corrected chi connectivity index (χ4v) is 2.24. The molecule has 0 amide bonds. The lowest BCUT2D eigenvalue weighted by Gasteiger charge is -2.06. The zero-order valence-corrected chi connectivity index (χ0v) is 11.8. The number of phenols is 1. The van der Waals surface area contributed by atoms with Crippen molar-refractivity contribution in [3.63, 3.8) is 0 Å². The fourth-order valence-electron chi connectivity index (χ4n) is 2.24. The van der Waals surface area contributed by atoms with Crippen LogP contribution in [0.3, 0.4) is 0 Å². The Morgan fingerprint density at radius 3 is 2.46 bits per heavy atom. The highest BCUT2D eigenvalue weighted by atomic mass is 16.6. The van der Waals surface area contributed by atoms with E-state index in [1.807, 2.05) is 0 Å². The van der Waals surface area contributed by atoms with Gasteiger partial charge in [0.25, 0.3) is 11.2 Å². The molecule has 10 nitrogen and oxygen atoms in total. The summed E-state index contributed by atoms with van der Waals surface area (Å²) in [6, 6.07) is 7.88. The Kier molecular flexibility index (Phi) is 3.41. The van der Waals surface area contributed by atoms with Crippen molar-refractivity contribution in [1.29, 1.82) is 0 Å². The molecule has 0 unspecified atom stereocenters. The highest BCUT2D eigenvalue weighted by Gasteiger charge is 2.25. The molecule has 24 heavy (non-hydrogen) atoms. The summed E-state index contributed by atoms with van der Waals surface area (Å²) in [4.78, 5) is 38.7. The van der Waals surface area contributed by atoms with Crippen LogP contribution in [0, 0.1) is 20.2 Å². The summed E-state index contributed by atoms with van der Waals surface area (Å²) in [5, 5.41) is 32.3. The van der Waals surface area contributed by atoms with Gasteiger partial charge in [0, 0.05) is 6.07 Å². The highest BCUT2D eigenvalue weighted by molar-refractivity contribution is 5.81. The molecule has 10 heteroatoms. The van der Waals surface area contributed by atoms with Gasteiger partial charge in [-0.2, -0.15) is 0 Å². The van der Waals surface area contributed by atoms with Crippen LogP contribution in [-0.4, -0.2) is 24.9 Å². The van der Waals surface area contributed by atoms with Gasteiger partial charge in [0.05, 0.1) is 32.4 Å². The number of rotatable bonds is 3. The minimum absolute atomic E-state index is 0.206. The van der Waals surface area contributed by atoms with Gasteiger partial charge in [0.1, 0.15) is 5.82 Å². The molecule has 0 fully saturated rings. The highest BCUT2D eigenvalue weighted by Crippen LogP contribution is 2.39. The van der Waals surface area contributed by atoms with E-state index in [0.29, 0.717) is 6.07 Å². The van der Waals surface area contributed by atoms with E-state index in [1.165, 1.54) is 12.1 Å². The Morgan fingerprint density at radius 1 is 1.08 bits per heavy atom. The Labute approximate surface area is 132 Å². The van der Waals surface area contributed by atoms with Gasteiger partial charge < -0.3 is 10.1 Å². The van der Waals surface area contributed by atoms with Crippen LogP contribution in [-0.2, 0) is 0 Å². The molecular formula is C14H8N4O6. The number of nitro groups is 2. The second kappa shape index (κ2) is 5.43. The van der Waals surface area contributed by atoms with Crippen molar-refractivity contribution in [2.45, 2.75) is 0 Å². The number of para-hydroxylation sites is 1. The average Bonchev–Trinajstić information content (AvgIpc) is 2.54. The summed E-state index contributed by atoms with van der Waals surface area (Å²) in [6.45, 7) is 0. The second-order valence-corrected chi connectivity index (χ2v) is 4.81. The van der Waals surface area contributed by atoms with Crippen LogP contribution in [0.1, 0.15) is 0 Å². The zero-order valence-electron chi connectivity index (χ0n) is 11.8. The van der Waals surface area contributed by atoms with E-state index in [4.69, 9.17) is 0 Å². The molecule has 0 saturated heterocycles. The Balaban J connectivity index is 2.35. The minimum Gasteiger partial charge on any atom is -0.502 e. The maximum atomic E-state index is 12.1. The summed E-state index contributed by atoms with van der Waals surface area (Å²) in [5.74, 6) is -1.02. The van der Waals surface area contributed by atoms with Gasteiger partial charge in [-0.3, -0.25) is 25.0 Å². The number of aromatic amines is 1. The number of phenolic OH excluding ortho intramolecular Hbond substituents is 1. The van der Waals surface area contributed by atoms with Crippen LogP contribution in [0.2, 0.25) is 0 Å². The van der Waals surface area contributed by atoms with Gasteiger partial charge in [-0.15, -0.1) is 0 Å². The van der Waals surface area contributed by atoms with Crippen LogP contribution in [0.4, 0.5) is 11.4 Å². The van der Waals surface area contributed by atoms with Crippen LogP contribution in [0.15, 0.2) is 41.2 Å². The van der Waals surface area contributed by atoms with Crippen molar-refractivity contribution in [2.75, 3.05) is 0 Å². The number of aromatic nitrogens is 2. The third kappa shape index (κ3) is 2.41. The predicted octanol–water partition coefficient (Wildman–Crippen LogP) is 2.11. The number of non-ortho nitro benzene ring substituents is 1. The maximum absolute atomic E-state index is 12.1. The second-order valence-electron chi connectivity index (χ2n) is 4.81.